The number of hydrazine groups is 1. The van der Waals surface area contributed by atoms with Crippen LogP contribution >= 0.6 is 12.0 Å². The number of unbranched alkanes of at least 4 members (excludes halogenated alkanes) is 3. The van der Waals surface area contributed by atoms with Gasteiger partial charge in [0.25, 0.3) is 0 Å². The van der Waals surface area contributed by atoms with E-state index in [9.17, 15) is 38.1 Å². The topological polar surface area (TPSA) is 267 Å². The summed E-state index contributed by atoms with van der Waals surface area (Å²) >= 11 is 0.886. The lowest BCUT2D eigenvalue weighted by Crippen LogP contribution is -2.42. The number of imidazole rings is 1. The van der Waals surface area contributed by atoms with E-state index >= 15 is 0 Å². The van der Waals surface area contributed by atoms with E-state index in [2.05, 4.69) is 45.8 Å². The largest absolute Gasteiger partial charge is 0.490 e. The Hall–Kier alpha value is -5.89. The number of hydrogen-bond acceptors (Lipinski definition) is 16. The molecule has 10 N–H and O–H groups in total. The maximum Gasteiger partial charge on any atom is 0.490 e. The molecule has 0 fully saturated rings. The van der Waals surface area contributed by atoms with E-state index < -0.39 is 36.6 Å². The van der Waals surface area contributed by atoms with Crippen LogP contribution in [0.1, 0.15) is 72.6 Å². The summed E-state index contributed by atoms with van der Waals surface area (Å²) in [6.45, 7) is 2.12. The standard InChI is InChI=1S/C40H49N9O8S.C2HF3O2/c1-48(25-36-45-31-11-5-6-12-32(31)46-36)39(53)26-14-16-30-29(20-26)24-49(40(54)33(44-30)21-37(50)51)19-9-3-2-8-18-41-38(52)28-15-17-35(42-22-28)47-43-23-27-10-4-7-13-34(27)58-57-56-55;3-2(4,5)1(6)7/h4-7,10-17,20,22,33,38-39,41,43-44,52-53,55H,2-3,8-9,18-19,21,23-25H2,1H3,(H,42,47)(H,45,46)(H,50,51);(H,6,7)/t33-,38-,39-;/m0./s1. The number of fused-ring (bicyclic) bond motifs is 2. The van der Waals surface area contributed by atoms with Crippen LogP contribution in [-0.2, 0) is 43.4 Å². The number of aromatic amines is 1. The quantitative estimate of drug-likeness (QED) is 0.0131. The van der Waals surface area contributed by atoms with Crippen molar-refractivity contribution >= 4 is 52.4 Å². The van der Waals surface area contributed by atoms with Gasteiger partial charge in [0.1, 0.15) is 30.1 Å². The molecule has 3 atom stereocenters. The van der Waals surface area contributed by atoms with E-state index in [4.69, 9.17) is 15.2 Å². The number of rotatable bonds is 22. The van der Waals surface area contributed by atoms with Crippen molar-refractivity contribution in [1.29, 1.82) is 0 Å². The Morgan fingerprint density at radius 3 is 2.43 bits per heavy atom. The van der Waals surface area contributed by atoms with E-state index in [0.717, 1.165) is 64.2 Å². The number of halogens is 3. The number of hydrogen-bond donors (Lipinski definition) is 10. The molecule has 0 aliphatic carbocycles. The zero-order valence-corrected chi connectivity index (χ0v) is 35.8. The third kappa shape index (κ3) is 15.4. The number of aromatic nitrogens is 3. The van der Waals surface area contributed by atoms with Crippen molar-refractivity contribution in [3.63, 3.8) is 0 Å². The number of aliphatic hydroxyl groups is 2. The predicted octanol–water partition coefficient (Wildman–Crippen LogP) is 5.70. The van der Waals surface area contributed by atoms with Crippen LogP contribution in [0.4, 0.5) is 24.7 Å². The van der Waals surface area contributed by atoms with Gasteiger partial charge in [0.15, 0.2) is 0 Å². The lowest BCUT2D eigenvalue weighted by atomic mass is 10.1. The molecule has 0 saturated carbocycles. The zero-order chi connectivity index (χ0) is 46.9. The molecule has 5 aromatic rings. The molecule has 1 amide bonds. The highest BCUT2D eigenvalue weighted by Crippen LogP contribution is 2.30. The summed E-state index contributed by atoms with van der Waals surface area (Å²) in [6, 6.07) is 23.3. The van der Waals surface area contributed by atoms with Crippen LogP contribution in [0.3, 0.4) is 0 Å². The number of carbonyl (C=O) groups excluding carboxylic acids is 1. The average Bonchev–Trinajstić information content (AvgIpc) is 3.64. The molecule has 3 aromatic carbocycles. The number of alkyl halides is 3. The summed E-state index contributed by atoms with van der Waals surface area (Å²) in [5, 5.41) is 57.0. The van der Waals surface area contributed by atoms with Crippen LogP contribution in [0.2, 0.25) is 0 Å². The molecule has 0 saturated heterocycles. The Balaban J connectivity index is 0.00000105. The Morgan fingerprint density at radius 1 is 1.00 bits per heavy atom. The number of benzene rings is 3. The normalized spacial score (nSPS) is 14.8. The predicted molar refractivity (Wildman–Crippen MR) is 231 cm³/mol. The molecule has 0 radical (unpaired) electrons. The van der Waals surface area contributed by atoms with Gasteiger partial charge in [-0.05, 0) is 85.6 Å². The van der Waals surface area contributed by atoms with Crippen LogP contribution in [-0.4, -0.2) is 101 Å². The number of carboxylic acid groups (broad SMARTS) is 2. The monoisotopic (exact) mass is 929 g/mol. The Labute approximate surface area is 375 Å². The molecule has 65 heavy (non-hydrogen) atoms. The SMILES string of the molecule is CN(Cc1nc2ccccc2[nH]1)[C@@H](O)c1ccc2c(c1)CN(CCCCCCN[C@@H](O)c1ccc(NNCc3ccccc3SOOO)nc1)C(=O)[C@H](CC(=O)O)N2.O=C(O)C(F)(F)F. The Bertz CT molecular complexity index is 2290. The van der Waals surface area contributed by atoms with Gasteiger partial charge in [0, 0.05) is 42.0 Å². The molecule has 1 aliphatic heterocycles. The van der Waals surface area contributed by atoms with Gasteiger partial charge in [-0.15, -0.1) is 4.33 Å². The van der Waals surface area contributed by atoms with Crippen molar-refractivity contribution in [3.8, 4) is 0 Å². The van der Waals surface area contributed by atoms with Crippen molar-refractivity contribution < 1.29 is 62.6 Å². The van der Waals surface area contributed by atoms with Crippen molar-refractivity contribution in [3.05, 3.63) is 113 Å². The Kier molecular flexibility index (Phi) is 18.8. The van der Waals surface area contributed by atoms with Crippen molar-refractivity contribution in [2.45, 2.75) is 81.3 Å². The van der Waals surface area contributed by atoms with Crippen molar-refractivity contribution in [2.24, 2.45) is 0 Å². The summed E-state index contributed by atoms with van der Waals surface area (Å²) in [7, 11) is 1.81. The zero-order valence-electron chi connectivity index (χ0n) is 35.0. The summed E-state index contributed by atoms with van der Waals surface area (Å²) < 4.78 is 36.3. The van der Waals surface area contributed by atoms with Crippen LogP contribution in [0, 0.1) is 0 Å². The minimum atomic E-state index is -5.08. The van der Waals surface area contributed by atoms with E-state index in [1.807, 2.05) is 61.6 Å². The molecule has 0 bridgehead atoms. The fraction of sp³-hybridized carbons (Fsp3) is 0.357. The molecule has 6 rings (SSSR count). The number of anilines is 2. The third-order valence-corrected chi connectivity index (χ3v) is 10.7. The number of amides is 1. The number of nitrogens with zero attached hydrogens (tertiary/aromatic N) is 4. The maximum absolute atomic E-state index is 13.6. The van der Waals surface area contributed by atoms with Gasteiger partial charge in [0.05, 0.1) is 36.0 Å². The third-order valence-electron chi connectivity index (χ3n) is 10.0. The summed E-state index contributed by atoms with van der Waals surface area (Å²) in [6.07, 6.45) is -2.49. The molecule has 350 valence electrons. The minimum Gasteiger partial charge on any atom is -0.481 e. The van der Waals surface area contributed by atoms with E-state index in [1.165, 1.54) is 0 Å². The highest BCUT2D eigenvalue weighted by molar-refractivity contribution is 7.94. The highest BCUT2D eigenvalue weighted by atomic mass is 32.2. The average molecular weight is 930 g/mol. The summed E-state index contributed by atoms with van der Waals surface area (Å²) in [5.41, 5.74) is 11.5. The molecule has 19 nitrogen and oxygen atoms in total. The highest BCUT2D eigenvalue weighted by Gasteiger charge is 2.38. The van der Waals surface area contributed by atoms with Gasteiger partial charge in [0.2, 0.25) is 5.91 Å². The number of nitrogens with one attached hydrogen (secondary N) is 5. The molecule has 1 aliphatic rings. The van der Waals surface area contributed by atoms with Gasteiger partial charge in [-0.3, -0.25) is 19.8 Å². The van der Waals surface area contributed by atoms with Crippen LogP contribution in [0.5, 0.6) is 0 Å². The maximum atomic E-state index is 13.6. The first-order valence-electron chi connectivity index (χ1n) is 20.2. The Morgan fingerprint density at radius 2 is 1.72 bits per heavy atom. The number of carboxylic acids is 2. The lowest BCUT2D eigenvalue weighted by molar-refractivity contribution is -0.432. The van der Waals surface area contributed by atoms with E-state index in [0.29, 0.717) is 55.2 Å². The van der Waals surface area contributed by atoms with Gasteiger partial charge >= 0.3 is 18.1 Å². The number of carbonyl (C=O) groups is 3. The van der Waals surface area contributed by atoms with Crippen molar-refractivity contribution in [2.75, 3.05) is 30.9 Å². The fourth-order valence-electron chi connectivity index (χ4n) is 6.75. The lowest BCUT2D eigenvalue weighted by Gasteiger charge is -2.25. The van der Waals surface area contributed by atoms with Crippen LogP contribution in [0.25, 0.3) is 11.0 Å². The van der Waals surface area contributed by atoms with Gasteiger partial charge in [-0.2, -0.15) is 13.2 Å². The number of H-pyrrole nitrogens is 1. The number of para-hydroxylation sites is 2. The number of aliphatic carboxylic acids is 2. The first-order chi connectivity index (χ1) is 31.1. The fourth-order valence-corrected chi connectivity index (χ4v) is 7.24. The van der Waals surface area contributed by atoms with Crippen LogP contribution in [0.15, 0.2) is 90.0 Å². The van der Waals surface area contributed by atoms with E-state index in [-0.39, 0.29) is 18.9 Å². The molecular weight excluding hydrogens is 880 g/mol. The van der Waals surface area contributed by atoms with Gasteiger partial charge in [-0.25, -0.2) is 25.4 Å². The first-order valence-corrected chi connectivity index (χ1v) is 21.0. The minimum absolute atomic E-state index is 0.276. The first kappa shape index (κ1) is 50.1. The van der Waals surface area contributed by atoms with Gasteiger partial charge in [-0.1, -0.05) is 54.3 Å². The smallest absolute Gasteiger partial charge is 0.481 e. The molecule has 2 aromatic heterocycles. The second-order valence-electron chi connectivity index (χ2n) is 14.8. The summed E-state index contributed by atoms with van der Waals surface area (Å²) in [4.78, 5) is 50.7. The second kappa shape index (κ2) is 24.4. The van der Waals surface area contributed by atoms with Crippen LogP contribution < -0.4 is 21.5 Å². The molecular formula is C42H50F3N9O10S. The molecule has 0 unspecified atom stereocenters. The molecule has 23 heteroatoms. The number of pyridine rings is 1. The van der Waals surface area contributed by atoms with Crippen molar-refractivity contribution in [1.82, 2.24) is 35.5 Å². The molecule has 0 spiro atoms. The summed E-state index contributed by atoms with van der Waals surface area (Å²) in [5.74, 6) is -2.81. The van der Waals surface area contributed by atoms with Gasteiger partial charge < -0.3 is 41.1 Å². The van der Waals surface area contributed by atoms with E-state index in [1.54, 1.807) is 40.3 Å². The molecule has 3 heterocycles. The second-order valence-corrected chi connectivity index (χ2v) is 15.6. The number of aliphatic hydroxyl groups excluding tert-OH is 2.